The molecule has 1 aromatic carbocycles. The maximum atomic E-state index is 12.3. The molecule has 1 N–H and O–H groups in total. The molecule has 0 aliphatic heterocycles. The maximum absolute atomic E-state index is 12.3. The molecule has 5 nitrogen and oxygen atoms in total. The summed E-state index contributed by atoms with van der Waals surface area (Å²) in [6.45, 7) is 0.245. The molecule has 126 valence electrons. The monoisotopic (exact) mass is 327 g/mol. The van der Waals surface area contributed by atoms with Crippen LogP contribution in [0.3, 0.4) is 0 Å². The lowest BCUT2D eigenvalue weighted by atomic mass is 9.84. The van der Waals surface area contributed by atoms with E-state index in [0.29, 0.717) is 23.7 Å². The number of hydrogen-bond acceptors (Lipinski definition) is 4. The number of nitrogens with one attached hydrogen (secondary N) is 1. The summed E-state index contributed by atoms with van der Waals surface area (Å²) >= 11 is 0. The van der Waals surface area contributed by atoms with Crippen LogP contribution in [-0.4, -0.2) is 25.2 Å². The van der Waals surface area contributed by atoms with Crippen molar-refractivity contribution >= 4 is 12.1 Å². The maximum Gasteiger partial charge on any atom is 0.407 e. The van der Waals surface area contributed by atoms with Gasteiger partial charge in [-0.25, -0.2) is 4.79 Å². The minimum absolute atomic E-state index is 0.121. The smallest absolute Gasteiger partial charge is 0.407 e. The molecule has 6 rings (SSSR count). The van der Waals surface area contributed by atoms with Crippen molar-refractivity contribution in [1.29, 1.82) is 0 Å². The first kappa shape index (κ1) is 14.3. The van der Waals surface area contributed by atoms with Gasteiger partial charge in [-0.1, -0.05) is 30.3 Å². The standard InChI is InChI=1S/C19H21NO4/c1-23-18(21)16-14-11-7-10-12(14)13(10)15(11)17(16)20-19(22)24-8-9-5-3-2-4-6-9/h2-6,10-17H,7-8H2,1H3,(H,20,22)/t10?,11?,12?,13?,14?,15?,16-,17?/m1/s1. The molecule has 0 heterocycles. The van der Waals surface area contributed by atoms with E-state index in [1.165, 1.54) is 13.5 Å². The van der Waals surface area contributed by atoms with Gasteiger partial charge >= 0.3 is 12.1 Å². The molecule has 6 bridgehead atoms. The average molecular weight is 327 g/mol. The Morgan fingerprint density at radius 2 is 1.79 bits per heavy atom. The van der Waals surface area contributed by atoms with E-state index in [9.17, 15) is 9.59 Å². The Labute approximate surface area is 140 Å². The van der Waals surface area contributed by atoms with Crippen LogP contribution in [0.15, 0.2) is 30.3 Å². The highest BCUT2D eigenvalue weighted by molar-refractivity contribution is 5.77. The number of ether oxygens (including phenoxy) is 2. The number of rotatable bonds is 4. The van der Waals surface area contributed by atoms with Gasteiger partial charge in [-0.2, -0.15) is 0 Å². The van der Waals surface area contributed by atoms with Gasteiger partial charge in [-0.15, -0.1) is 0 Å². The molecule has 0 radical (unpaired) electrons. The van der Waals surface area contributed by atoms with Gasteiger partial charge in [0, 0.05) is 6.04 Å². The van der Waals surface area contributed by atoms with Crippen LogP contribution in [0.2, 0.25) is 0 Å². The lowest BCUT2D eigenvalue weighted by Crippen LogP contribution is -2.48. The van der Waals surface area contributed by atoms with E-state index < -0.39 is 6.09 Å². The van der Waals surface area contributed by atoms with Crippen molar-refractivity contribution in [2.24, 2.45) is 41.4 Å². The molecule has 5 saturated carbocycles. The van der Waals surface area contributed by atoms with E-state index in [-0.39, 0.29) is 24.5 Å². The summed E-state index contributed by atoms with van der Waals surface area (Å²) in [4.78, 5) is 24.5. The topological polar surface area (TPSA) is 64.6 Å². The molecule has 5 fully saturated rings. The Morgan fingerprint density at radius 3 is 2.50 bits per heavy atom. The zero-order chi connectivity index (χ0) is 16.4. The Hall–Kier alpha value is -2.04. The second-order valence-corrected chi connectivity index (χ2v) is 7.65. The third-order valence-electron chi connectivity index (χ3n) is 6.90. The Balaban J connectivity index is 1.27. The molecule has 5 heteroatoms. The average Bonchev–Trinajstić information content (AvgIpc) is 2.95. The number of alkyl carbamates (subject to hydrolysis) is 1. The second-order valence-electron chi connectivity index (χ2n) is 7.65. The van der Waals surface area contributed by atoms with Crippen molar-refractivity contribution in [3.63, 3.8) is 0 Å². The number of hydrogen-bond donors (Lipinski definition) is 1. The molecule has 5 aliphatic rings. The lowest BCUT2D eigenvalue weighted by Gasteiger charge is -2.29. The van der Waals surface area contributed by atoms with Crippen molar-refractivity contribution < 1.29 is 19.1 Å². The third kappa shape index (κ3) is 1.81. The van der Waals surface area contributed by atoms with Crippen molar-refractivity contribution in [2.75, 3.05) is 7.11 Å². The largest absolute Gasteiger partial charge is 0.469 e. The zero-order valence-electron chi connectivity index (χ0n) is 13.6. The van der Waals surface area contributed by atoms with Crippen LogP contribution < -0.4 is 5.32 Å². The molecule has 0 spiro atoms. The first-order valence-corrected chi connectivity index (χ1v) is 8.75. The first-order valence-electron chi connectivity index (χ1n) is 8.75. The number of carbonyl (C=O) groups excluding carboxylic acids is 2. The first-order chi connectivity index (χ1) is 11.7. The predicted octanol–water partition coefficient (Wildman–Crippen LogP) is 2.21. The van der Waals surface area contributed by atoms with Crippen LogP contribution in [-0.2, 0) is 20.9 Å². The summed E-state index contributed by atoms with van der Waals surface area (Å²) < 4.78 is 10.4. The molecule has 1 amide bonds. The van der Waals surface area contributed by atoms with Gasteiger partial charge in [-0.3, -0.25) is 4.79 Å². The molecule has 24 heavy (non-hydrogen) atoms. The summed E-state index contributed by atoms with van der Waals surface area (Å²) in [6, 6.07) is 9.49. The second kappa shape index (κ2) is 4.98. The fourth-order valence-corrected chi connectivity index (χ4v) is 6.30. The van der Waals surface area contributed by atoms with Crippen LogP contribution in [0.25, 0.3) is 0 Å². The van der Waals surface area contributed by atoms with E-state index in [2.05, 4.69) is 5.32 Å². The van der Waals surface area contributed by atoms with Gasteiger partial charge in [0.25, 0.3) is 0 Å². The van der Waals surface area contributed by atoms with Crippen molar-refractivity contribution in [2.45, 2.75) is 19.1 Å². The molecular weight excluding hydrogens is 306 g/mol. The molecule has 1 aromatic rings. The summed E-state index contributed by atoms with van der Waals surface area (Å²) in [5.41, 5.74) is 0.953. The highest BCUT2D eigenvalue weighted by Gasteiger charge is 2.81. The Bertz CT molecular complexity index is 690. The highest BCUT2D eigenvalue weighted by Crippen LogP contribution is 2.82. The van der Waals surface area contributed by atoms with Crippen LogP contribution in [0, 0.1) is 41.4 Å². The van der Waals surface area contributed by atoms with Crippen molar-refractivity contribution in [3.05, 3.63) is 35.9 Å². The van der Waals surface area contributed by atoms with Gasteiger partial charge in [0.05, 0.1) is 13.0 Å². The Kier molecular flexibility index (Phi) is 2.97. The van der Waals surface area contributed by atoms with Gasteiger partial charge in [-0.05, 0) is 47.5 Å². The lowest BCUT2D eigenvalue weighted by molar-refractivity contribution is -0.148. The molecule has 0 aromatic heterocycles. The van der Waals surface area contributed by atoms with Crippen molar-refractivity contribution in [1.82, 2.24) is 5.32 Å². The van der Waals surface area contributed by atoms with Crippen LogP contribution in [0.4, 0.5) is 4.79 Å². The molecule has 0 saturated heterocycles. The molecular formula is C19H21NO4. The minimum Gasteiger partial charge on any atom is -0.469 e. The quantitative estimate of drug-likeness (QED) is 0.861. The van der Waals surface area contributed by atoms with Crippen LogP contribution in [0.5, 0.6) is 0 Å². The summed E-state index contributed by atoms with van der Waals surface area (Å²) in [6.07, 6.45) is 0.801. The molecule has 5 aliphatic carbocycles. The van der Waals surface area contributed by atoms with Crippen molar-refractivity contribution in [3.8, 4) is 0 Å². The van der Waals surface area contributed by atoms with E-state index in [0.717, 1.165) is 17.4 Å². The molecule has 7 unspecified atom stereocenters. The number of methoxy groups -OCH3 is 1. The predicted molar refractivity (Wildman–Crippen MR) is 84.6 cm³/mol. The van der Waals surface area contributed by atoms with E-state index >= 15 is 0 Å². The molecule has 8 atom stereocenters. The third-order valence-corrected chi connectivity index (χ3v) is 6.90. The minimum atomic E-state index is -0.431. The van der Waals surface area contributed by atoms with E-state index in [1.807, 2.05) is 30.3 Å². The van der Waals surface area contributed by atoms with Crippen LogP contribution in [0.1, 0.15) is 12.0 Å². The normalized spacial score (nSPS) is 42.7. The summed E-state index contributed by atoms with van der Waals surface area (Å²) in [7, 11) is 1.44. The fourth-order valence-electron chi connectivity index (χ4n) is 6.30. The van der Waals surface area contributed by atoms with Gasteiger partial charge in [0.2, 0.25) is 0 Å². The van der Waals surface area contributed by atoms with Gasteiger partial charge in [0.15, 0.2) is 0 Å². The van der Waals surface area contributed by atoms with E-state index in [4.69, 9.17) is 9.47 Å². The highest BCUT2D eigenvalue weighted by atomic mass is 16.5. The number of benzene rings is 1. The number of esters is 1. The Morgan fingerprint density at radius 1 is 1.08 bits per heavy atom. The van der Waals surface area contributed by atoms with Gasteiger partial charge < -0.3 is 14.8 Å². The summed E-state index contributed by atoms with van der Waals surface area (Å²) in [5.74, 6) is 3.31. The van der Waals surface area contributed by atoms with Crippen LogP contribution >= 0.6 is 0 Å². The van der Waals surface area contributed by atoms with Gasteiger partial charge in [0.1, 0.15) is 6.61 Å². The zero-order valence-corrected chi connectivity index (χ0v) is 13.6. The summed E-state index contributed by atoms with van der Waals surface area (Å²) in [5, 5.41) is 3.00. The number of amides is 1. The number of carbonyl (C=O) groups is 2. The van der Waals surface area contributed by atoms with E-state index in [1.54, 1.807) is 0 Å². The SMILES string of the molecule is COC(=O)[C@H]1C(NC(=O)OCc2ccccc2)C2C3CC4C2C4C31. The fraction of sp³-hybridized carbons (Fsp3) is 0.579.